The summed E-state index contributed by atoms with van der Waals surface area (Å²) in [7, 11) is 0. The average Bonchev–Trinajstić information content (AvgIpc) is 2.55. The topological polar surface area (TPSA) is 49.8 Å². The molecule has 0 unspecified atom stereocenters. The number of fused-ring (bicyclic) bond motifs is 1. The fourth-order valence-corrected chi connectivity index (χ4v) is 1.60. The third-order valence-corrected chi connectivity index (χ3v) is 2.28. The average molecular weight is 186 g/mol. The van der Waals surface area contributed by atoms with Crippen molar-refractivity contribution in [3.63, 3.8) is 0 Å². The van der Waals surface area contributed by atoms with Gasteiger partial charge in [-0.05, 0) is 19.4 Å². The Balaban J connectivity index is 2.80. The normalized spacial score (nSPS) is 10.4. The smallest absolute Gasteiger partial charge is 0.140 e. The van der Waals surface area contributed by atoms with Crippen LogP contribution < -0.4 is 0 Å². The summed E-state index contributed by atoms with van der Waals surface area (Å²) in [5.41, 5.74) is 3.71. The fourth-order valence-electron chi connectivity index (χ4n) is 1.60. The third-order valence-electron chi connectivity index (χ3n) is 2.28. The summed E-state index contributed by atoms with van der Waals surface area (Å²) in [5.74, 6) is 0. The minimum absolute atomic E-state index is 0.331. The molecule has 0 aliphatic heterocycles. The summed E-state index contributed by atoms with van der Waals surface area (Å²) in [6.45, 7) is 3.92. The van der Waals surface area contributed by atoms with Crippen LogP contribution in [0.3, 0.4) is 0 Å². The molecule has 3 nitrogen and oxygen atoms in total. The first kappa shape index (κ1) is 8.76. The molecule has 0 atom stereocenters. The fraction of sp³-hybridized carbons (Fsp3) is 0.273. The van der Waals surface area contributed by atoms with E-state index >= 15 is 0 Å². The zero-order valence-corrected chi connectivity index (χ0v) is 8.16. The highest BCUT2D eigenvalue weighted by Crippen LogP contribution is 2.25. The van der Waals surface area contributed by atoms with Crippen molar-refractivity contribution in [2.24, 2.45) is 0 Å². The number of aromatic nitrogens is 1. The van der Waals surface area contributed by atoms with Crippen LogP contribution in [0.5, 0.6) is 0 Å². The van der Waals surface area contributed by atoms with Crippen LogP contribution in [0.15, 0.2) is 16.9 Å². The van der Waals surface area contributed by atoms with E-state index in [1.165, 1.54) is 0 Å². The number of nitrogens with zero attached hydrogens (tertiary/aromatic N) is 2. The molecule has 3 heteroatoms. The molecule has 0 bridgehead atoms. The second-order valence-electron chi connectivity index (χ2n) is 3.35. The lowest BCUT2D eigenvalue weighted by Gasteiger charge is -1.99. The SMILES string of the molecule is Cc1cnc(CC#N)c2c(C)coc12. The Morgan fingerprint density at radius 2 is 2.21 bits per heavy atom. The highest BCUT2D eigenvalue weighted by atomic mass is 16.3. The number of furan rings is 1. The second kappa shape index (κ2) is 3.15. The summed E-state index contributed by atoms with van der Waals surface area (Å²) in [5, 5.41) is 9.65. The lowest BCUT2D eigenvalue weighted by atomic mass is 10.1. The molecule has 0 fully saturated rings. The molecule has 2 rings (SSSR count). The molecule has 0 aromatic carbocycles. The van der Waals surface area contributed by atoms with Crippen LogP contribution in [0.1, 0.15) is 16.8 Å². The molecule has 0 radical (unpaired) electrons. The van der Waals surface area contributed by atoms with Crippen LogP contribution in [0.4, 0.5) is 0 Å². The van der Waals surface area contributed by atoms with Gasteiger partial charge >= 0.3 is 0 Å². The third kappa shape index (κ3) is 1.16. The summed E-state index contributed by atoms with van der Waals surface area (Å²) in [6, 6.07) is 2.11. The van der Waals surface area contributed by atoms with Crippen molar-refractivity contribution < 1.29 is 4.42 Å². The maximum absolute atomic E-state index is 8.66. The number of hydrogen-bond donors (Lipinski definition) is 0. The van der Waals surface area contributed by atoms with Gasteiger partial charge in [0, 0.05) is 17.1 Å². The Hall–Kier alpha value is -1.82. The molecule has 0 saturated carbocycles. The molecule has 0 saturated heterocycles. The van der Waals surface area contributed by atoms with Gasteiger partial charge in [-0.1, -0.05) is 0 Å². The Morgan fingerprint density at radius 1 is 1.43 bits per heavy atom. The number of aryl methyl sites for hydroxylation is 2. The van der Waals surface area contributed by atoms with E-state index in [2.05, 4.69) is 11.1 Å². The summed E-state index contributed by atoms with van der Waals surface area (Å²) < 4.78 is 5.42. The maximum Gasteiger partial charge on any atom is 0.140 e. The van der Waals surface area contributed by atoms with Crippen LogP contribution >= 0.6 is 0 Å². The van der Waals surface area contributed by atoms with Crippen molar-refractivity contribution in [1.29, 1.82) is 5.26 Å². The number of nitriles is 1. The van der Waals surface area contributed by atoms with Gasteiger partial charge in [-0.3, -0.25) is 4.98 Å². The highest BCUT2D eigenvalue weighted by molar-refractivity contribution is 5.85. The van der Waals surface area contributed by atoms with Crippen molar-refractivity contribution in [2.75, 3.05) is 0 Å². The first-order chi connectivity index (χ1) is 6.74. The lowest BCUT2D eigenvalue weighted by Crippen LogP contribution is -1.91. The summed E-state index contributed by atoms with van der Waals surface area (Å²) in [4.78, 5) is 4.25. The lowest BCUT2D eigenvalue weighted by molar-refractivity contribution is 0.610. The number of pyridine rings is 1. The van der Waals surface area contributed by atoms with Crippen molar-refractivity contribution in [3.05, 3.63) is 29.3 Å². The highest BCUT2D eigenvalue weighted by Gasteiger charge is 2.10. The first-order valence-corrected chi connectivity index (χ1v) is 4.43. The predicted molar refractivity (Wildman–Crippen MR) is 52.8 cm³/mol. The van der Waals surface area contributed by atoms with Gasteiger partial charge in [0.1, 0.15) is 5.58 Å². The van der Waals surface area contributed by atoms with E-state index < -0.39 is 0 Å². The van der Waals surface area contributed by atoms with Crippen molar-refractivity contribution >= 4 is 11.0 Å². The Kier molecular flexibility index (Phi) is 1.97. The molecule has 2 aromatic heterocycles. The van der Waals surface area contributed by atoms with E-state index in [1.807, 2.05) is 13.8 Å². The summed E-state index contributed by atoms with van der Waals surface area (Å²) >= 11 is 0. The predicted octanol–water partition coefficient (Wildman–Crippen LogP) is 2.51. The largest absolute Gasteiger partial charge is 0.464 e. The van der Waals surface area contributed by atoms with E-state index in [9.17, 15) is 0 Å². The molecule has 0 amide bonds. The minimum Gasteiger partial charge on any atom is -0.464 e. The van der Waals surface area contributed by atoms with Crippen LogP contribution in [0.25, 0.3) is 11.0 Å². The number of rotatable bonds is 1. The molecule has 0 spiro atoms. The van der Waals surface area contributed by atoms with Crippen molar-refractivity contribution in [2.45, 2.75) is 20.3 Å². The van der Waals surface area contributed by atoms with Gasteiger partial charge in [0.05, 0.1) is 24.4 Å². The van der Waals surface area contributed by atoms with Crippen LogP contribution in [-0.4, -0.2) is 4.98 Å². The molecule has 14 heavy (non-hydrogen) atoms. The molecular formula is C11H10N2O. The minimum atomic E-state index is 0.331. The molecule has 0 N–H and O–H groups in total. The van der Waals surface area contributed by atoms with Crippen molar-refractivity contribution in [3.8, 4) is 6.07 Å². The van der Waals surface area contributed by atoms with Gasteiger partial charge in [0.25, 0.3) is 0 Å². The van der Waals surface area contributed by atoms with Gasteiger partial charge in [-0.15, -0.1) is 0 Å². The molecule has 70 valence electrons. The molecule has 2 aromatic rings. The van der Waals surface area contributed by atoms with E-state index in [4.69, 9.17) is 9.68 Å². The van der Waals surface area contributed by atoms with E-state index in [1.54, 1.807) is 12.5 Å². The van der Waals surface area contributed by atoms with Gasteiger partial charge in [-0.2, -0.15) is 5.26 Å². The second-order valence-corrected chi connectivity index (χ2v) is 3.35. The standard InChI is InChI=1S/C11H10N2O/c1-7-5-13-9(3-4-12)10-8(2)6-14-11(7)10/h5-6H,3H2,1-2H3. The zero-order chi connectivity index (χ0) is 10.1. The summed E-state index contributed by atoms with van der Waals surface area (Å²) in [6.07, 6.45) is 3.79. The van der Waals surface area contributed by atoms with E-state index in [0.29, 0.717) is 6.42 Å². The van der Waals surface area contributed by atoms with Gasteiger partial charge in [0.2, 0.25) is 0 Å². The quantitative estimate of drug-likeness (QED) is 0.687. The van der Waals surface area contributed by atoms with Gasteiger partial charge < -0.3 is 4.42 Å². The zero-order valence-electron chi connectivity index (χ0n) is 8.16. The monoisotopic (exact) mass is 186 g/mol. The number of hydrogen-bond acceptors (Lipinski definition) is 3. The van der Waals surface area contributed by atoms with Crippen LogP contribution in [0.2, 0.25) is 0 Å². The van der Waals surface area contributed by atoms with Gasteiger partial charge in [-0.25, -0.2) is 0 Å². The Morgan fingerprint density at radius 3 is 2.93 bits per heavy atom. The Labute approximate surface area is 82.0 Å². The molecular weight excluding hydrogens is 176 g/mol. The van der Waals surface area contributed by atoms with Gasteiger partial charge in [0.15, 0.2) is 0 Å². The van der Waals surface area contributed by atoms with Crippen LogP contribution in [0, 0.1) is 25.2 Å². The maximum atomic E-state index is 8.66. The van der Waals surface area contributed by atoms with E-state index in [-0.39, 0.29) is 0 Å². The Bertz CT molecular complexity index is 520. The molecule has 0 aliphatic rings. The van der Waals surface area contributed by atoms with E-state index in [0.717, 1.165) is 27.8 Å². The van der Waals surface area contributed by atoms with Crippen LogP contribution in [-0.2, 0) is 6.42 Å². The van der Waals surface area contributed by atoms with Crippen molar-refractivity contribution in [1.82, 2.24) is 4.98 Å². The molecule has 2 heterocycles. The first-order valence-electron chi connectivity index (χ1n) is 4.43. The molecule has 0 aliphatic carbocycles.